The number of hydrogen-bond donors (Lipinski definition) is 6. The van der Waals surface area contributed by atoms with E-state index in [1.165, 1.54) is 89.4 Å². The van der Waals surface area contributed by atoms with Crippen molar-refractivity contribution in [2.75, 3.05) is 27.4 Å². The Hall–Kier alpha value is -12.9. The lowest BCUT2D eigenvalue weighted by atomic mass is 10.0. The molecule has 10 aromatic carbocycles. The summed E-state index contributed by atoms with van der Waals surface area (Å²) in [6, 6.07) is 59.3. The molecule has 0 fully saturated rings. The molecule has 0 aliphatic heterocycles. The van der Waals surface area contributed by atoms with E-state index in [9.17, 15) is 95.8 Å². The van der Waals surface area contributed by atoms with E-state index in [-0.39, 0.29) is 53.7 Å². The number of carboxylic acid groups (broad SMARTS) is 1. The second-order valence-electron chi connectivity index (χ2n) is 24.9. The minimum absolute atomic E-state index is 0.0375. The second-order valence-corrected chi connectivity index (χ2v) is 33.7. The van der Waals surface area contributed by atoms with Gasteiger partial charge in [0.15, 0.2) is 30.4 Å². The van der Waals surface area contributed by atoms with Crippen LogP contribution in [0.1, 0.15) is 69.2 Å². The number of amides is 3. The molecule has 42 heteroatoms. The van der Waals surface area contributed by atoms with E-state index in [1.54, 1.807) is 23.1 Å². The van der Waals surface area contributed by atoms with E-state index < -0.39 is 105 Å². The van der Waals surface area contributed by atoms with Gasteiger partial charge in [-0.3, -0.25) is 50.6 Å². The number of benzene rings is 10. The van der Waals surface area contributed by atoms with Gasteiger partial charge in [-0.1, -0.05) is 151 Å². The van der Waals surface area contributed by atoms with Gasteiger partial charge in [0.05, 0.1) is 70.4 Å². The molecule has 0 aliphatic carbocycles. The van der Waals surface area contributed by atoms with Crippen LogP contribution in [-0.4, -0.2) is 75.4 Å². The summed E-state index contributed by atoms with van der Waals surface area (Å²) in [6.45, 7) is 1.67. The molecule has 0 atom stereocenters. The normalized spacial score (nSPS) is 11.2. The third kappa shape index (κ3) is 27.3. The van der Waals surface area contributed by atoms with Crippen LogP contribution < -0.4 is 27.4 Å². The lowest BCUT2D eigenvalue weighted by molar-refractivity contribution is -0.385. The number of halogens is 12. The number of nitro groups is 2. The maximum Gasteiger partial charge on any atom is 0.416 e. The van der Waals surface area contributed by atoms with Crippen LogP contribution in [0, 0.1) is 27.2 Å². The summed E-state index contributed by atoms with van der Waals surface area (Å²) >= 11 is 16.2. The van der Waals surface area contributed by atoms with Crippen LogP contribution in [0.4, 0.5) is 77.1 Å². The average Bonchev–Trinajstić information content (AvgIpc) is 1.31. The fourth-order valence-corrected chi connectivity index (χ4v) is 15.5. The molecule has 0 saturated carbocycles. The van der Waals surface area contributed by atoms with Crippen molar-refractivity contribution in [1.82, 2.24) is 19.9 Å². The first kappa shape index (κ1) is 94.0. The second kappa shape index (κ2) is 41.6. The Kier molecular flexibility index (Phi) is 31.8. The van der Waals surface area contributed by atoms with E-state index in [0.29, 0.717) is 61.2 Å². The van der Waals surface area contributed by atoms with Crippen molar-refractivity contribution in [3.05, 3.63) is 345 Å². The Morgan fingerprint density at radius 2 is 0.764 bits per heavy atom. The first-order valence-electron chi connectivity index (χ1n) is 34.4. The van der Waals surface area contributed by atoms with Crippen molar-refractivity contribution >= 4 is 159 Å². The van der Waals surface area contributed by atoms with Gasteiger partial charge in [-0.15, -0.1) is 45.3 Å². The standard InChI is InChI=1S/C24H16ClF3N2O3S2.C17H10F3N3O3S.C17H12F3N3OS.C9H8N2S.C8H7NO4.C6H4Cl2O2S/c25-18-7-9-19(10-8-18)35(32,33)14-16-12-17(24(26,27)28)6-11-20(16)22(31)30-23-29-21(13-34-23)15-4-2-1-3-5-15;18-17(19,20)11-6-7-12(14(8-11)23(25)26)15(24)22-16-21-13(9-27-16)10-4-2-1-3-5-10;18-17(19,20)11-6-7-12(13(21)8-11)15(24)23-16-22-14(9-25-16)10-4-2-1-3-5-10;10-9-11-8(6-12-9)7-4-2-1-3-5-7;1-5-2-3-6(8(10)11)7(4-5)9(12)13;7-5-1-3-6(4-2-5)11(8,9)10/h1-13H,14H2,(H,29,30,31);1-9H,(H,21,22,24);1-9H,21H2,(H,22,23,24);1-6H,(H2,10,11);2-4H,1H3,(H,10,11);1-4H. The molecule has 3 amide bonds. The Morgan fingerprint density at radius 1 is 0.431 bits per heavy atom. The zero-order valence-electron chi connectivity index (χ0n) is 62.3. The molecule has 0 spiro atoms. The Labute approximate surface area is 722 Å². The zero-order chi connectivity index (χ0) is 89.7. The minimum Gasteiger partial charge on any atom is -0.477 e. The summed E-state index contributed by atoms with van der Waals surface area (Å²) in [5.41, 5.74) is 12.3. The van der Waals surface area contributed by atoms with Crippen LogP contribution in [-0.2, 0) is 43.2 Å². The lowest BCUT2D eigenvalue weighted by Crippen LogP contribution is -2.18. The highest BCUT2D eigenvalue weighted by atomic mass is 35.7. The number of thiazole rings is 4. The summed E-state index contributed by atoms with van der Waals surface area (Å²) in [5, 5.41) is 46.9. The largest absolute Gasteiger partial charge is 0.477 e. The number of nitro benzene ring substituents is 2. The smallest absolute Gasteiger partial charge is 0.416 e. The number of carbonyl (C=O) groups excluding carboxylic acids is 3. The maximum atomic E-state index is 13.3. The van der Waals surface area contributed by atoms with Crippen molar-refractivity contribution in [2.24, 2.45) is 0 Å². The SMILES string of the molecule is Cc1ccc(C(=O)O)c([N+](=O)[O-])c1.Nc1cc(C(F)(F)F)ccc1C(=O)Nc1nc(-c2ccccc2)cs1.Nc1nc(-c2ccccc2)cs1.O=C(Nc1nc(-c2ccccc2)cs1)c1ccc(C(F)(F)F)cc1CS(=O)(=O)c1ccc(Cl)cc1.O=C(Nc1nc(-c2ccccc2)cs1)c1ccc(C(F)(F)F)cc1[N+](=O)[O-].O=S(=O)(Cl)c1ccc(Cl)cc1. The first-order valence-corrected chi connectivity index (χ1v) is 42.7. The van der Waals surface area contributed by atoms with Gasteiger partial charge in [0.2, 0.25) is 0 Å². The first-order chi connectivity index (χ1) is 58.0. The van der Waals surface area contributed by atoms with E-state index in [1.807, 2.05) is 127 Å². The molecule has 14 aromatic rings. The molecule has 0 saturated heterocycles. The number of nitrogens with zero attached hydrogens (tertiary/aromatic N) is 6. The number of carbonyl (C=O) groups is 4. The Morgan fingerprint density at radius 3 is 1.13 bits per heavy atom. The van der Waals surface area contributed by atoms with Gasteiger partial charge in [-0.05, 0) is 121 Å². The van der Waals surface area contributed by atoms with Crippen molar-refractivity contribution in [1.29, 1.82) is 0 Å². The van der Waals surface area contributed by atoms with Crippen LogP contribution in [0.3, 0.4) is 0 Å². The highest BCUT2D eigenvalue weighted by Crippen LogP contribution is 2.38. The lowest BCUT2D eigenvalue weighted by Gasteiger charge is -2.14. The summed E-state index contributed by atoms with van der Waals surface area (Å²) in [6.07, 6.45) is -14.0. The van der Waals surface area contributed by atoms with Gasteiger partial charge in [0.25, 0.3) is 38.1 Å². The Bertz CT molecular complexity index is 6350. The number of anilines is 5. The predicted molar refractivity (Wildman–Crippen MR) is 455 cm³/mol. The molecule has 0 radical (unpaired) electrons. The molecule has 4 aromatic heterocycles. The van der Waals surface area contributed by atoms with Gasteiger partial charge in [0, 0.05) is 87.9 Å². The van der Waals surface area contributed by atoms with Crippen LogP contribution in [0.2, 0.25) is 10.0 Å². The molecule has 123 heavy (non-hydrogen) atoms. The van der Waals surface area contributed by atoms with E-state index in [0.717, 1.165) is 87.0 Å². The number of aryl methyl sites for hydroxylation is 1. The van der Waals surface area contributed by atoms with Crippen LogP contribution in [0.5, 0.6) is 0 Å². The van der Waals surface area contributed by atoms with Crippen LogP contribution >= 0.6 is 79.2 Å². The van der Waals surface area contributed by atoms with Crippen LogP contribution in [0.15, 0.2) is 274 Å². The summed E-state index contributed by atoms with van der Waals surface area (Å²) in [5.74, 6) is -4.39. The molecule has 0 unspecified atom stereocenters. The Balaban J connectivity index is 0.000000176. The van der Waals surface area contributed by atoms with Gasteiger partial charge in [-0.2, -0.15) is 39.5 Å². The minimum atomic E-state index is -4.75. The number of aromatic nitrogens is 4. The summed E-state index contributed by atoms with van der Waals surface area (Å²) in [4.78, 5) is 84.8. The fourth-order valence-electron chi connectivity index (χ4n) is 10.3. The van der Waals surface area contributed by atoms with Gasteiger partial charge < -0.3 is 16.6 Å². The number of aromatic carboxylic acids is 1. The van der Waals surface area contributed by atoms with E-state index in [4.69, 9.17) is 50.5 Å². The number of nitrogens with two attached hydrogens (primary N) is 2. The van der Waals surface area contributed by atoms with Gasteiger partial charge in [-0.25, -0.2) is 41.6 Å². The molecule has 8 N–H and O–H groups in total. The predicted octanol–water partition coefficient (Wildman–Crippen LogP) is 22.6. The van der Waals surface area contributed by atoms with Crippen molar-refractivity contribution in [3.8, 4) is 45.0 Å². The fraction of sp³-hybridized carbons (Fsp3) is 0.0617. The number of nitrogens with one attached hydrogen (secondary N) is 3. The molecule has 0 bridgehead atoms. The number of alkyl halides is 9. The number of carboxylic acids is 1. The zero-order valence-corrected chi connectivity index (χ0v) is 69.4. The highest BCUT2D eigenvalue weighted by Gasteiger charge is 2.36. The summed E-state index contributed by atoms with van der Waals surface area (Å²) < 4.78 is 163. The van der Waals surface area contributed by atoms with E-state index >= 15 is 0 Å². The monoisotopic (exact) mass is 1860 g/mol. The summed E-state index contributed by atoms with van der Waals surface area (Å²) in [7, 11) is -2.64. The van der Waals surface area contributed by atoms with Crippen molar-refractivity contribution in [3.63, 3.8) is 0 Å². The molecule has 634 valence electrons. The number of hydrogen-bond acceptors (Lipinski definition) is 22. The molecule has 0 aliphatic rings. The van der Waals surface area contributed by atoms with Crippen molar-refractivity contribution in [2.45, 2.75) is 41.0 Å². The third-order valence-corrected chi connectivity index (χ3v) is 22.7. The van der Waals surface area contributed by atoms with Crippen molar-refractivity contribution < 1.29 is 90.5 Å². The third-order valence-electron chi connectivity index (χ3n) is 16.2. The highest BCUT2D eigenvalue weighted by molar-refractivity contribution is 8.13. The topological polar surface area (TPSA) is 383 Å². The van der Waals surface area contributed by atoms with Gasteiger partial charge >= 0.3 is 24.5 Å². The number of sulfone groups is 1. The number of nitrogen functional groups attached to an aromatic ring is 2. The molecular formula is C81H57Cl3F9N11O13S6. The average molecular weight is 1860 g/mol. The molecular weight excluding hydrogens is 1800 g/mol. The van der Waals surface area contributed by atoms with Crippen LogP contribution in [0.25, 0.3) is 45.0 Å². The molecule has 24 nitrogen and oxygen atoms in total. The number of rotatable bonds is 17. The maximum absolute atomic E-state index is 13.3. The molecule has 4 heterocycles. The van der Waals surface area contributed by atoms with Gasteiger partial charge in [0.1, 0.15) is 11.1 Å². The quantitative estimate of drug-likeness (QED) is 0.0162. The van der Waals surface area contributed by atoms with E-state index in [2.05, 4.69) is 35.9 Å². The molecule has 14 rings (SSSR count).